The van der Waals surface area contributed by atoms with E-state index in [1.807, 2.05) is 17.5 Å². The van der Waals surface area contributed by atoms with Gasteiger partial charge < -0.3 is 11.1 Å². The molecule has 2 aromatic heterocycles. The summed E-state index contributed by atoms with van der Waals surface area (Å²) < 4.78 is 0. The molecule has 1 unspecified atom stereocenters. The Morgan fingerprint density at radius 2 is 2.44 bits per heavy atom. The number of nitrogens with two attached hydrogens (primary N) is 1. The number of hydrogen-bond acceptors (Lipinski definition) is 5. The van der Waals surface area contributed by atoms with E-state index in [4.69, 9.17) is 5.73 Å². The summed E-state index contributed by atoms with van der Waals surface area (Å²) in [5.41, 5.74) is 5.68. The second kappa shape index (κ2) is 3.57. The Bertz CT molecular complexity index is 532. The number of nitrogens with zero attached hydrogens (tertiary/aromatic N) is 1. The highest BCUT2D eigenvalue weighted by atomic mass is 32.1. The van der Waals surface area contributed by atoms with E-state index in [9.17, 15) is 4.79 Å². The van der Waals surface area contributed by atoms with Crippen molar-refractivity contribution >= 4 is 39.5 Å². The van der Waals surface area contributed by atoms with Crippen LogP contribution in [0.15, 0.2) is 17.5 Å². The van der Waals surface area contributed by atoms with E-state index in [1.165, 1.54) is 16.2 Å². The first-order valence-corrected chi connectivity index (χ1v) is 6.53. The number of rotatable bonds is 1. The number of amides is 1. The van der Waals surface area contributed by atoms with Crippen LogP contribution in [0.25, 0.3) is 0 Å². The van der Waals surface area contributed by atoms with Crippen LogP contribution in [0.3, 0.4) is 0 Å². The van der Waals surface area contributed by atoms with E-state index < -0.39 is 0 Å². The fourth-order valence-electron chi connectivity index (χ4n) is 1.86. The van der Waals surface area contributed by atoms with Crippen molar-refractivity contribution in [3.05, 3.63) is 27.3 Å². The number of carbonyl (C=O) groups excluding carboxylic acids is 1. The number of fused-ring (bicyclic) bond motifs is 1. The summed E-state index contributed by atoms with van der Waals surface area (Å²) >= 11 is 3.12. The maximum absolute atomic E-state index is 11.6. The smallest absolute Gasteiger partial charge is 0.226 e. The zero-order chi connectivity index (χ0) is 11.1. The third kappa shape index (κ3) is 1.50. The molecule has 3 rings (SSSR count). The number of carbonyl (C=O) groups is 1. The largest absolute Gasteiger partial charge is 0.375 e. The minimum atomic E-state index is 0.0104. The van der Waals surface area contributed by atoms with Crippen molar-refractivity contribution in [2.75, 3.05) is 11.1 Å². The number of nitrogen functional groups attached to an aromatic ring is 1. The zero-order valence-electron chi connectivity index (χ0n) is 8.27. The van der Waals surface area contributed by atoms with Gasteiger partial charge in [-0.1, -0.05) is 17.4 Å². The molecule has 0 fully saturated rings. The van der Waals surface area contributed by atoms with Gasteiger partial charge >= 0.3 is 0 Å². The fourth-order valence-corrected chi connectivity index (χ4v) is 3.67. The zero-order valence-corrected chi connectivity index (χ0v) is 9.90. The highest BCUT2D eigenvalue weighted by molar-refractivity contribution is 7.16. The van der Waals surface area contributed by atoms with Gasteiger partial charge in [-0.2, -0.15) is 0 Å². The van der Waals surface area contributed by atoms with E-state index in [0.717, 1.165) is 4.88 Å². The summed E-state index contributed by atoms with van der Waals surface area (Å²) in [4.78, 5) is 18.0. The second-order valence-corrected chi connectivity index (χ2v) is 5.63. The van der Waals surface area contributed by atoms with E-state index >= 15 is 0 Å². The fraction of sp³-hybridized carbons (Fsp3) is 0.200. The third-order valence-corrected chi connectivity index (χ3v) is 4.50. The standard InChI is InChI=1S/C10H9N3OS2/c11-10-13-9-8(16-10)5(4-7(14)12-9)6-2-1-3-15-6/h1-3,5H,4H2,(H2,11,13)(H,12,14). The lowest BCUT2D eigenvalue weighted by Gasteiger charge is -2.19. The van der Waals surface area contributed by atoms with Crippen LogP contribution in [0.1, 0.15) is 22.1 Å². The number of aromatic nitrogens is 1. The molecule has 3 N–H and O–H groups in total. The summed E-state index contributed by atoms with van der Waals surface area (Å²) in [5.74, 6) is 0.770. The molecule has 1 aliphatic heterocycles. The lowest BCUT2D eigenvalue weighted by atomic mass is 9.98. The van der Waals surface area contributed by atoms with Gasteiger partial charge in [0.2, 0.25) is 5.91 Å². The maximum Gasteiger partial charge on any atom is 0.226 e. The number of anilines is 2. The topological polar surface area (TPSA) is 68.0 Å². The molecule has 0 aliphatic carbocycles. The summed E-state index contributed by atoms with van der Waals surface area (Å²) in [7, 11) is 0. The minimum Gasteiger partial charge on any atom is -0.375 e. The summed E-state index contributed by atoms with van der Waals surface area (Å²) in [6.45, 7) is 0. The Balaban J connectivity index is 2.10. The van der Waals surface area contributed by atoms with Gasteiger partial charge in [-0.25, -0.2) is 4.98 Å². The maximum atomic E-state index is 11.6. The van der Waals surface area contributed by atoms with Gasteiger partial charge in [0, 0.05) is 17.2 Å². The minimum absolute atomic E-state index is 0.0104. The highest BCUT2D eigenvalue weighted by Gasteiger charge is 2.30. The number of thiazole rings is 1. The normalized spacial score (nSPS) is 19.2. The van der Waals surface area contributed by atoms with Crippen LogP contribution in [0.2, 0.25) is 0 Å². The lowest BCUT2D eigenvalue weighted by molar-refractivity contribution is -0.116. The van der Waals surface area contributed by atoms with Crippen molar-refractivity contribution in [1.82, 2.24) is 4.98 Å². The summed E-state index contributed by atoms with van der Waals surface area (Å²) in [6.07, 6.45) is 0.481. The van der Waals surface area contributed by atoms with Crippen molar-refractivity contribution < 1.29 is 4.79 Å². The Morgan fingerprint density at radius 1 is 1.56 bits per heavy atom. The van der Waals surface area contributed by atoms with Gasteiger partial charge in [-0.05, 0) is 11.4 Å². The Kier molecular flexibility index (Phi) is 2.19. The number of thiophene rings is 1. The predicted molar refractivity (Wildman–Crippen MR) is 65.9 cm³/mol. The molecule has 3 heterocycles. The second-order valence-electron chi connectivity index (χ2n) is 3.59. The van der Waals surface area contributed by atoms with E-state index in [1.54, 1.807) is 11.3 Å². The van der Waals surface area contributed by atoms with Gasteiger partial charge in [0.25, 0.3) is 0 Å². The van der Waals surface area contributed by atoms with Gasteiger partial charge in [0.15, 0.2) is 5.13 Å². The van der Waals surface area contributed by atoms with Gasteiger partial charge in [-0.15, -0.1) is 11.3 Å². The van der Waals surface area contributed by atoms with Crippen molar-refractivity contribution in [3.8, 4) is 0 Å². The quantitative estimate of drug-likeness (QED) is 0.817. The van der Waals surface area contributed by atoms with Crippen LogP contribution in [-0.2, 0) is 4.79 Å². The molecule has 82 valence electrons. The van der Waals surface area contributed by atoms with Crippen molar-refractivity contribution in [1.29, 1.82) is 0 Å². The Labute approximate surface area is 100 Å². The molecule has 0 radical (unpaired) electrons. The molecule has 1 atom stereocenters. The van der Waals surface area contributed by atoms with E-state index in [-0.39, 0.29) is 11.8 Å². The molecule has 6 heteroatoms. The van der Waals surface area contributed by atoms with Crippen molar-refractivity contribution in [2.45, 2.75) is 12.3 Å². The monoisotopic (exact) mass is 251 g/mol. The molecule has 0 bridgehead atoms. The molecular weight excluding hydrogens is 242 g/mol. The molecule has 0 saturated carbocycles. The molecule has 0 saturated heterocycles. The number of nitrogens with one attached hydrogen (secondary N) is 1. The lowest BCUT2D eigenvalue weighted by Crippen LogP contribution is -2.22. The van der Waals surface area contributed by atoms with Gasteiger partial charge in [0.05, 0.1) is 4.88 Å². The Hall–Kier alpha value is -1.40. The molecule has 0 aromatic carbocycles. The summed E-state index contributed by atoms with van der Waals surface area (Å²) in [5, 5.41) is 5.29. The van der Waals surface area contributed by atoms with E-state index in [0.29, 0.717) is 17.4 Å². The van der Waals surface area contributed by atoms with Crippen LogP contribution in [-0.4, -0.2) is 10.9 Å². The van der Waals surface area contributed by atoms with Crippen molar-refractivity contribution in [2.24, 2.45) is 0 Å². The van der Waals surface area contributed by atoms with Gasteiger partial charge in [-0.3, -0.25) is 4.79 Å². The number of hydrogen-bond donors (Lipinski definition) is 2. The SMILES string of the molecule is Nc1nc2c(s1)C(c1cccs1)CC(=O)N2. The average molecular weight is 251 g/mol. The van der Waals surface area contributed by atoms with Crippen LogP contribution < -0.4 is 11.1 Å². The first-order chi connectivity index (χ1) is 7.74. The molecular formula is C10H9N3OS2. The van der Waals surface area contributed by atoms with Crippen LogP contribution in [0.5, 0.6) is 0 Å². The average Bonchev–Trinajstić information content (AvgIpc) is 2.83. The van der Waals surface area contributed by atoms with Crippen LogP contribution in [0.4, 0.5) is 10.9 Å². The van der Waals surface area contributed by atoms with Crippen molar-refractivity contribution in [3.63, 3.8) is 0 Å². The molecule has 16 heavy (non-hydrogen) atoms. The highest BCUT2D eigenvalue weighted by Crippen LogP contribution is 2.42. The first kappa shape index (κ1) is 9.80. The van der Waals surface area contributed by atoms with Crippen LogP contribution in [0, 0.1) is 0 Å². The van der Waals surface area contributed by atoms with E-state index in [2.05, 4.69) is 10.3 Å². The third-order valence-electron chi connectivity index (χ3n) is 2.52. The molecule has 4 nitrogen and oxygen atoms in total. The Morgan fingerprint density at radius 3 is 3.19 bits per heavy atom. The van der Waals surface area contributed by atoms with Crippen LogP contribution >= 0.6 is 22.7 Å². The summed E-state index contributed by atoms with van der Waals surface area (Å²) in [6, 6.07) is 4.05. The molecule has 1 amide bonds. The molecule has 0 spiro atoms. The first-order valence-electron chi connectivity index (χ1n) is 4.83. The molecule has 2 aromatic rings. The molecule has 1 aliphatic rings. The predicted octanol–water partition coefficient (Wildman–Crippen LogP) is 2.26. The van der Waals surface area contributed by atoms with Gasteiger partial charge in [0.1, 0.15) is 5.82 Å².